The van der Waals surface area contributed by atoms with E-state index in [1.807, 2.05) is 0 Å². The third kappa shape index (κ3) is 7.27. The van der Waals surface area contributed by atoms with Crippen molar-refractivity contribution in [2.45, 2.75) is 51.2 Å². The van der Waals surface area contributed by atoms with Crippen LogP contribution >= 0.6 is 23.2 Å². The second-order valence-corrected chi connectivity index (χ2v) is 11.7. The lowest BCUT2D eigenvalue weighted by atomic mass is 10.1. The van der Waals surface area contributed by atoms with E-state index in [0.29, 0.717) is 5.02 Å². The number of sulfonamides is 1. The molecule has 2 aromatic carbocycles. The van der Waals surface area contributed by atoms with Gasteiger partial charge in [-0.1, -0.05) is 48.2 Å². The average Bonchev–Trinajstić information content (AvgIpc) is 3.33. The Balaban J connectivity index is 1.92. The van der Waals surface area contributed by atoms with E-state index in [9.17, 15) is 18.0 Å². The molecule has 36 heavy (non-hydrogen) atoms. The van der Waals surface area contributed by atoms with Crippen molar-refractivity contribution in [3.05, 3.63) is 58.1 Å². The first kappa shape index (κ1) is 28.1. The Labute approximate surface area is 222 Å². The fourth-order valence-electron chi connectivity index (χ4n) is 4.21. The van der Waals surface area contributed by atoms with Crippen LogP contribution in [0.4, 0.5) is 5.69 Å². The second-order valence-electron chi connectivity index (χ2n) is 8.90. The number of carbonyl (C=O) groups excluding carboxylic acids is 2. The lowest BCUT2D eigenvalue weighted by molar-refractivity contribution is -0.139. The topological polar surface area (TPSA) is 96.0 Å². The van der Waals surface area contributed by atoms with Gasteiger partial charge >= 0.3 is 0 Å². The number of amides is 2. The summed E-state index contributed by atoms with van der Waals surface area (Å²) < 4.78 is 31.8. The Morgan fingerprint density at radius 1 is 1.08 bits per heavy atom. The highest BCUT2D eigenvalue weighted by Crippen LogP contribution is 2.33. The molecule has 1 aliphatic rings. The molecule has 1 N–H and O–H groups in total. The van der Waals surface area contributed by atoms with Crippen molar-refractivity contribution in [2.24, 2.45) is 0 Å². The molecule has 1 fully saturated rings. The molecular weight excluding hydrogens is 525 g/mol. The summed E-state index contributed by atoms with van der Waals surface area (Å²) >= 11 is 12.1. The highest BCUT2D eigenvalue weighted by molar-refractivity contribution is 7.92. The van der Waals surface area contributed by atoms with Gasteiger partial charge in [0.05, 0.1) is 19.1 Å². The van der Waals surface area contributed by atoms with E-state index >= 15 is 0 Å². The van der Waals surface area contributed by atoms with Gasteiger partial charge in [-0.05, 0) is 55.7 Å². The zero-order valence-electron chi connectivity index (χ0n) is 20.5. The van der Waals surface area contributed by atoms with Crippen molar-refractivity contribution >= 4 is 50.7 Å². The molecule has 3 rings (SSSR count). The zero-order valence-corrected chi connectivity index (χ0v) is 22.9. The molecule has 0 aliphatic heterocycles. The monoisotopic (exact) mass is 555 g/mol. The molecule has 1 aliphatic carbocycles. The molecule has 0 spiro atoms. The Bertz CT molecular complexity index is 1180. The van der Waals surface area contributed by atoms with Gasteiger partial charge in [0.25, 0.3) is 0 Å². The highest BCUT2D eigenvalue weighted by Gasteiger charge is 2.32. The van der Waals surface area contributed by atoms with Crippen molar-refractivity contribution < 1.29 is 22.7 Å². The first-order chi connectivity index (χ1) is 17.0. The molecule has 0 heterocycles. The number of nitrogens with one attached hydrogen (secondary N) is 1. The minimum atomic E-state index is -3.91. The minimum absolute atomic E-state index is 0.0793. The van der Waals surface area contributed by atoms with Crippen molar-refractivity contribution in [3.8, 4) is 5.75 Å². The van der Waals surface area contributed by atoms with Crippen molar-refractivity contribution in [1.82, 2.24) is 10.2 Å². The quantitative estimate of drug-likeness (QED) is 0.472. The second kappa shape index (κ2) is 12.2. The van der Waals surface area contributed by atoms with Crippen molar-refractivity contribution in [2.75, 3.05) is 24.2 Å². The molecule has 2 amide bonds. The maximum atomic E-state index is 13.7. The van der Waals surface area contributed by atoms with Crippen LogP contribution in [0, 0.1) is 0 Å². The smallest absolute Gasteiger partial charge is 0.244 e. The molecule has 1 atom stereocenters. The van der Waals surface area contributed by atoms with Gasteiger partial charge in [0.2, 0.25) is 21.8 Å². The van der Waals surface area contributed by atoms with Crippen LogP contribution in [0.1, 0.15) is 38.2 Å². The van der Waals surface area contributed by atoms with E-state index < -0.39 is 28.5 Å². The molecular formula is C25H31Cl2N3O5S. The zero-order chi connectivity index (χ0) is 26.5. The Kier molecular flexibility index (Phi) is 9.49. The van der Waals surface area contributed by atoms with Gasteiger partial charge in [-0.25, -0.2) is 8.42 Å². The van der Waals surface area contributed by atoms with Crippen LogP contribution in [0.25, 0.3) is 0 Å². The maximum absolute atomic E-state index is 13.7. The normalized spacial score (nSPS) is 14.8. The number of hydrogen-bond acceptors (Lipinski definition) is 5. The standard InChI is InChI=1S/C25H31Cl2N3O5S/c1-17(25(32)28-21-6-4-5-7-21)29(15-18-8-10-19(26)11-9-18)24(31)16-30(36(3,33)34)22-14-20(27)12-13-23(22)35-2/h8-14,17,21H,4-7,15-16H2,1-3H3,(H,28,32)/t17-/m1/s1. The van der Waals surface area contributed by atoms with Gasteiger partial charge in [-0.15, -0.1) is 0 Å². The van der Waals surface area contributed by atoms with E-state index in [2.05, 4.69) is 5.32 Å². The Morgan fingerprint density at radius 3 is 2.28 bits per heavy atom. The number of carbonyl (C=O) groups is 2. The number of nitrogens with zero attached hydrogens (tertiary/aromatic N) is 2. The van der Waals surface area contributed by atoms with Gasteiger partial charge in [0.15, 0.2) is 0 Å². The predicted molar refractivity (Wildman–Crippen MR) is 142 cm³/mol. The third-order valence-electron chi connectivity index (χ3n) is 6.22. The molecule has 0 bridgehead atoms. The summed E-state index contributed by atoms with van der Waals surface area (Å²) in [6.07, 6.45) is 4.91. The number of anilines is 1. The summed E-state index contributed by atoms with van der Waals surface area (Å²) in [6.45, 7) is 1.20. The molecule has 2 aromatic rings. The van der Waals surface area contributed by atoms with E-state index in [0.717, 1.165) is 41.8 Å². The van der Waals surface area contributed by atoms with Crippen LogP contribution in [-0.4, -0.2) is 57.1 Å². The van der Waals surface area contributed by atoms with Gasteiger partial charge in [0.1, 0.15) is 18.3 Å². The number of hydrogen-bond donors (Lipinski definition) is 1. The number of methoxy groups -OCH3 is 1. The third-order valence-corrected chi connectivity index (χ3v) is 7.84. The molecule has 8 nitrogen and oxygen atoms in total. The average molecular weight is 557 g/mol. The van der Waals surface area contributed by atoms with E-state index in [4.69, 9.17) is 27.9 Å². The number of rotatable bonds is 10. The molecule has 1 saturated carbocycles. The summed E-state index contributed by atoms with van der Waals surface area (Å²) in [5.74, 6) is -0.587. The lowest BCUT2D eigenvalue weighted by Crippen LogP contribution is -2.52. The number of halogens is 2. The number of ether oxygens (including phenoxy) is 1. The fourth-order valence-corrected chi connectivity index (χ4v) is 5.35. The number of benzene rings is 2. The Hall–Kier alpha value is -2.49. The highest BCUT2D eigenvalue weighted by atomic mass is 35.5. The fraction of sp³-hybridized carbons (Fsp3) is 0.440. The van der Waals surface area contributed by atoms with Crippen LogP contribution in [0.15, 0.2) is 42.5 Å². The predicted octanol–water partition coefficient (Wildman–Crippen LogP) is 4.24. The molecule has 0 radical (unpaired) electrons. The summed E-state index contributed by atoms with van der Waals surface area (Å²) in [6, 6.07) is 10.7. The molecule has 11 heteroatoms. The van der Waals surface area contributed by atoms with Crippen molar-refractivity contribution in [3.63, 3.8) is 0 Å². The van der Waals surface area contributed by atoms with Crippen LogP contribution in [0.3, 0.4) is 0 Å². The van der Waals surface area contributed by atoms with E-state index in [1.165, 1.54) is 24.1 Å². The molecule has 0 unspecified atom stereocenters. The van der Waals surface area contributed by atoms with E-state index in [-0.39, 0.29) is 35.0 Å². The molecule has 0 saturated heterocycles. The summed E-state index contributed by atoms with van der Waals surface area (Å²) in [5, 5.41) is 3.85. The maximum Gasteiger partial charge on any atom is 0.244 e. The SMILES string of the molecule is COc1ccc(Cl)cc1N(CC(=O)N(Cc1ccc(Cl)cc1)[C@H](C)C(=O)NC1CCCC1)S(C)(=O)=O. The van der Waals surface area contributed by atoms with Crippen LogP contribution in [0.2, 0.25) is 10.0 Å². The van der Waals surface area contributed by atoms with Gasteiger partial charge in [-0.2, -0.15) is 0 Å². The summed E-state index contributed by atoms with van der Waals surface area (Å²) in [4.78, 5) is 28.1. The van der Waals surface area contributed by atoms with Gasteiger partial charge < -0.3 is 15.0 Å². The van der Waals surface area contributed by atoms with Crippen LogP contribution < -0.4 is 14.4 Å². The lowest BCUT2D eigenvalue weighted by Gasteiger charge is -2.32. The van der Waals surface area contributed by atoms with Crippen LogP contribution in [0.5, 0.6) is 5.75 Å². The molecule has 0 aromatic heterocycles. The summed E-state index contributed by atoms with van der Waals surface area (Å²) in [7, 11) is -2.51. The van der Waals surface area contributed by atoms with Gasteiger partial charge in [-0.3, -0.25) is 13.9 Å². The van der Waals surface area contributed by atoms with E-state index in [1.54, 1.807) is 37.3 Å². The Morgan fingerprint density at radius 2 is 1.69 bits per heavy atom. The minimum Gasteiger partial charge on any atom is -0.495 e. The van der Waals surface area contributed by atoms with Crippen molar-refractivity contribution in [1.29, 1.82) is 0 Å². The first-order valence-corrected chi connectivity index (χ1v) is 14.3. The first-order valence-electron chi connectivity index (χ1n) is 11.6. The molecule has 196 valence electrons. The van der Waals surface area contributed by atoms with Crippen LogP contribution in [-0.2, 0) is 26.2 Å². The summed E-state index contributed by atoms with van der Waals surface area (Å²) in [5.41, 5.74) is 0.884. The van der Waals surface area contributed by atoms with Gasteiger partial charge in [0, 0.05) is 22.6 Å². The largest absolute Gasteiger partial charge is 0.495 e.